The third-order valence-electron chi connectivity index (χ3n) is 3.58. The molecule has 1 aromatic carbocycles. The van der Waals surface area contributed by atoms with Crippen molar-refractivity contribution < 1.29 is 4.74 Å². The molecule has 0 radical (unpaired) electrons. The van der Waals surface area contributed by atoms with Crippen LogP contribution in [-0.4, -0.2) is 25.2 Å². The molecule has 1 N–H and O–H groups in total. The zero-order valence-electron chi connectivity index (χ0n) is 11.5. The molecular weight excluding hydrogens is 292 g/mol. The minimum Gasteiger partial charge on any atom is -0.497 e. The van der Waals surface area contributed by atoms with E-state index in [1.54, 1.807) is 18.4 Å². The van der Waals surface area contributed by atoms with Gasteiger partial charge < -0.3 is 10.1 Å². The molecule has 1 aromatic heterocycles. The Bertz CT molecular complexity index is 552. The van der Waals surface area contributed by atoms with Crippen LogP contribution in [-0.2, 0) is 0 Å². The number of piperidine rings is 1. The van der Waals surface area contributed by atoms with Gasteiger partial charge in [-0.15, -0.1) is 23.7 Å². The van der Waals surface area contributed by atoms with Gasteiger partial charge in [0.15, 0.2) is 0 Å². The first-order chi connectivity index (χ1) is 9.36. The molecule has 0 aliphatic carbocycles. The van der Waals surface area contributed by atoms with E-state index in [-0.39, 0.29) is 12.4 Å². The van der Waals surface area contributed by atoms with E-state index in [1.165, 1.54) is 17.8 Å². The Hall–Kier alpha value is -1.10. The van der Waals surface area contributed by atoms with Crippen molar-refractivity contribution in [2.75, 3.05) is 20.2 Å². The Labute approximate surface area is 129 Å². The SMILES string of the molecule is COc1cccc(-c2csc(C3CCNCC3)n2)c1.Cl. The van der Waals surface area contributed by atoms with Crippen molar-refractivity contribution in [2.45, 2.75) is 18.8 Å². The first kappa shape index (κ1) is 15.3. The molecule has 0 atom stereocenters. The van der Waals surface area contributed by atoms with Crippen molar-refractivity contribution >= 4 is 23.7 Å². The maximum absolute atomic E-state index is 5.27. The van der Waals surface area contributed by atoms with Crippen LogP contribution in [0.25, 0.3) is 11.3 Å². The van der Waals surface area contributed by atoms with Crippen LogP contribution in [0.5, 0.6) is 5.75 Å². The number of benzene rings is 1. The number of methoxy groups -OCH3 is 1. The van der Waals surface area contributed by atoms with Gasteiger partial charge in [-0.05, 0) is 38.1 Å². The Morgan fingerprint density at radius 3 is 2.85 bits per heavy atom. The van der Waals surface area contributed by atoms with Crippen LogP contribution in [0.15, 0.2) is 29.6 Å². The van der Waals surface area contributed by atoms with Gasteiger partial charge in [0, 0.05) is 16.9 Å². The van der Waals surface area contributed by atoms with E-state index in [1.807, 2.05) is 18.2 Å². The van der Waals surface area contributed by atoms with Crippen molar-refractivity contribution in [3.05, 3.63) is 34.7 Å². The van der Waals surface area contributed by atoms with Crippen LogP contribution < -0.4 is 10.1 Å². The second kappa shape index (κ2) is 7.07. The second-order valence-corrected chi connectivity index (χ2v) is 5.72. The number of halogens is 1. The average molecular weight is 311 g/mol. The summed E-state index contributed by atoms with van der Waals surface area (Å²) >= 11 is 1.78. The Balaban J connectivity index is 0.00000147. The molecule has 3 nitrogen and oxygen atoms in total. The number of hydrogen-bond acceptors (Lipinski definition) is 4. The maximum atomic E-state index is 5.27. The van der Waals surface area contributed by atoms with E-state index in [9.17, 15) is 0 Å². The standard InChI is InChI=1S/C15H18N2OS.ClH/c1-18-13-4-2-3-12(9-13)14-10-19-15(17-14)11-5-7-16-8-6-11;/h2-4,9-11,16H,5-8H2,1H3;1H. The summed E-state index contributed by atoms with van der Waals surface area (Å²) in [6, 6.07) is 8.10. The lowest BCUT2D eigenvalue weighted by atomic mass is 9.99. The minimum absolute atomic E-state index is 0. The largest absolute Gasteiger partial charge is 0.497 e. The van der Waals surface area contributed by atoms with E-state index in [0.717, 1.165) is 30.1 Å². The lowest BCUT2D eigenvalue weighted by Gasteiger charge is -2.20. The fourth-order valence-corrected chi connectivity index (χ4v) is 3.46. The van der Waals surface area contributed by atoms with Crippen molar-refractivity contribution in [1.29, 1.82) is 0 Å². The number of ether oxygens (including phenoxy) is 1. The first-order valence-electron chi connectivity index (χ1n) is 6.67. The van der Waals surface area contributed by atoms with Crippen molar-refractivity contribution in [1.82, 2.24) is 10.3 Å². The maximum Gasteiger partial charge on any atom is 0.119 e. The number of rotatable bonds is 3. The molecule has 20 heavy (non-hydrogen) atoms. The number of hydrogen-bond donors (Lipinski definition) is 1. The summed E-state index contributed by atoms with van der Waals surface area (Å²) in [5, 5.41) is 6.83. The van der Waals surface area contributed by atoms with Gasteiger partial charge in [-0.2, -0.15) is 0 Å². The average Bonchev–Trinajstić information content (AvgIpc) is 2.98. The van der Waals surface area contributed by atoms with Gasteiger partial charge in [-0.25, -0.2) is 4.98 Å². The summed E-state index contributed by atoms with van der Waals surface area (Å²) in [5.74, 6) is 1.51. The molecule has 0 unspecified atom stereocenters. The summed E-state index contributed by atoms with van der Waals surface area (Å²) in [5.41, 5.74) is 2.20. The van der Waals surface area contributed by atoms with Gasteiger partial charge in [0.2, 0.25) is 0 Å². The second-order valence-electron chi connectivity index (χ2n) is 4.83. The molecule has 1 fully saturated rings. The molecule has 0 saturated carbocycles. The van der Waals surface area contributed by atoms with Crippen LogP contribution in [0.4, 0.5) is 0 Å². The molecule has 1 aliphatic heterocycles. The summed E-state index contributed by atoms with van der Waals surface area (Å²) in [6.45, 7) is 2.22. The highest BCUT2D eigenvalue weighted by molar-refractivity contribution is 7.10. The van der Waals surface area contributed by atoms with E-state index < -0.39 is 0 Å². The van der Waals surface area contributed by atoms with Gasteiger partial charge in [-0.3, -0.25) is 0 Å². The van der Waals surface area contributed by atoms with Crippen LogP contribution in [0.1, 0.15) is 23.8 Å². The topological polar surface area (TPSA) is 34.1 Å². The van der Waals surface area contributed by atoms with Crippen LogP contribution in [0.3, 0.4) is 0 Å². The summed E-state index contributed by atoms with van der Waals surface area (Å²) in [4.78, 5) is 4.81. The highest BCUT2D eigenvalue weighted by atomic mass is 35.5. The molecule has 5 heteroatoms. The van der Waals surface area contributed by atoms with Crippen molar-refractivity contribution in [3.63, 3.8) is 0 Å². The van der Waals surface area contributed by atoms with E-state index in [2.05, 4.69) is 16.8 Å². The Morgan fingerprint density at radius 1 is 1.30 bits per heavy atom. The molecule has 0 bridgehead atoms. The van der Waals surface area contributed by atoms with Gasteiger partial charge in [-0.1, -0.05) is 12.1 Å². The zero-order valence-corrected chi connectivity index (χ0v) is 13.1. The van der Waals surface area contributed by atoms with E-state index >= 15 is 0 Å². The van der Waals surface area contributed by atoms with Gasteiger partial charge >= 0.3 is 0 Å². The third-order valence-corrected chi connectivity index (χ3v) is 4.58. The van der Waals surface area contributed by atoms with E-state index in [4.69, 9.17) is 9.72 Å². The highest BCUT2D eigenvalue weighted by Crippen LogP contribution is 2.32. The van der Waals surface area contributed by atoms with Crippen LogP contribution in [0, 0.1) is 0 Å². The minimum atomic E-state index is 0. The number of aromatic nitrogens is 1. The van der Waals surface area contributed by atoms with Crippen molar-refractivity contribution in [2.24, 2.45) is 0 Å². The molecule has 2 heterocycles. The predicted octanol–water partition coefficient (Wildman–Crippen LogP) is 3.71. The molecule has 3 rings (SSSR count). The summed E-state index contributed by atoms with van der Waals surface area (Å²) < 4.78 is 5.27. The zero-order chi connectivity index (χ0) is 13.1. The fourth-order valence-electron chi connectivity index (χ4n) is 2.46. The highest BCUT2D eigenvalue weighted by Gasteiger charge is 2.18. The fraction of sp³-hybridized carbons (Fsp3) is 0.400. The molecule has 0 spiro atoms. The number of nitrogens with zero attached hydrogens (tertiary/aromatic N) is 1. The Morgan fingerprint density at radius 2 is 2.10 bits per heavy atom. The molecule has 1 saturated heterocycles. The lowest BCUT2D eigenvalue weighted by molar-refractivity contribution is 0.415. The van der Waals surface area contributed by atoms with Gasteiger partial charge in [0.25, 0.3) is 0 Å². The Kier molecular flexibility index (Phi) is 5.40. The molecule has 1 aliphatic rings. The quantitative estimate of drug-likeness (QED) is 0.938. The van der Waals surface area contributed by atoms with Crippen LogP contribution in [0.2, 0.25) is 0 Å². The van der Waals surface area contributed by atoms with E-state index in [0.29, 0.717) is 5.92 Å². The lowest BCUT2D eigenvalue weighted by Crippen LogP contribution is -2.26. The third kappa shape index (κ3) is 3.32. The summed E-state index contributed by atoms with van der Waals surface area (Å²) in [7, 11) is 1.70. The smallest absolute Gasteiger partial charge is 0.119 e. The van der Waals surface area contributed by atoms with Gasteiger partial charge in [0.05, 0.1) is 17.8 Å². The van der Waals surface area contributed by atoms with Gasteiger partial charge in [0.1, 0.15) is 5.75 Å². The monoisotopic (exact) mass is 310 g/mol. The molecule has 108 valence electrons. The molecule has 0 amide bonds. The normalized spacial score (nSPS) is 15.7. The summed E-state index contributed by atoms with van der Waals surface area (Å²) in [6.07, 6.45) is 2.40. The number of thiazole rings is 1. The van der Waals surface area contributed by atoms with Crippen LogP contribution >= 0.6 is 23.7 Å². The predicted molar refractivity (Wildman–Crippen MR) is 86.2 cm³/mol. The molecule has 2 aromatic rings. The van der Waals surface area contributed by atoms with Crippen molar-refractivity contribution in [3.8, 4) is 17.0 Å². The first-order valence-corrected chi connectivity index (χ1v) is 7.55. The molecular formula is C15H19ClN2OS. The number of nitrogens with one attached hydrogen (secondary N) is 1.